The van der Waals surface area contributed by atoms with Crippen molar-refractivity contribution in [1.82, 2.24) is 0 Å². The quantitative estimate of drug-likeness (QED) is 0.558. The average Bonchev–Trinajstić information content (AvgIpc) is 1.62. The van der Waals surface area contributed by atoms with Gasteiger partial charge in [0.15, 0.2) is 0 Å². The van der Waals surface area contributed by atoms with E-state index in [1.54, 1.807) is 0 Å². The summed E-state index contributed by atoms with van der Waals surface area (Å²) in [5, 5.41) is 0.479. The van der Waals surface area contributed by atoms with Gasteiger partial charge in [0.2, 0.25) is 0 Å². The van der Waals surface area contributed by atoms with Gasteiger partial charge in [0, 0.05) is 5.33 Å². The predicted molar refractivity (Wildman–Crippen MR) is 39.1 cm³/mol. The SMILES string of the molecule is [CH2]C(CBr)CS(=O)(=O)O. The number of hydrogen-bond donors (Lipinski definition) is 1. The second-order valence-corrected chi connectivity index (χ2v) is 3.91. The minimum Gasteiger partial charge on any atom is -0.286 e. The molecule has 0 fully saturated rings. The Hall–Kier alpha value is 0.390. The minimum absolute atomic E-state index is 0.278. The lowest BCUT2D eigenvalue weighted by Crippen LogP contribution is -2.13. The van der Waals surface area contributed by atoms with Crippen molar-refractivity contribution >= 4 is 26.0 Å². The van der Waals surface area contributed by atoms with Gasteiger partial charge in [-0.05, 0) is 12.8 Å². The lowest BCUT2D eigenvalue weighted by Gasteiger charge is -2.01. The van der Waals surface area contributed by atoms with Crippen LogP contribution in [0.15, 0.2) is 0 Å². The van der Waals surface area contributed by atoms with Gasteiger partial charge in [0.25, 0.3) is 10.1 Å². The van der Waals surface area contributed by atoms with Crippen molar-refractivity contribution in [3.05, 3.63) is 6.92 Å². The highest BCUT2D eigenvalue weighted by molar-refractivity contribution is 9.09. The zero-order valence-electron chi connectivity index (χ0n) is 4.75. The third-order valence-electron chi connectivity index (χ3n) is 0.665. The van der Waals surface area contributed by atoms with Gasteiger partial charge in [-0.3, -0.25) is 4.55 Å². The van der Waals surface area contributed by atoms with Crippen molar-refractivity contribution in [1.29, 1.82) is 0 Å². The lowest BCUT2D eigenvalue weighted by molar-refractivity contribution is 0.477. The van der Waals surface area contributed by atoms with Crippen molar-refractivity contribution < 1.29 is 13.0 Å². The van der Waals surface area contributed by atoms with Crippen LogP contribution in [0.3, 0.4) is 0 Å². The zero-order valence-corrected chi connectivity index (χ0v) is 7.15. The maximum Gasteiger partial charge on any atom is 0.265 e. The molecule has 0 aromatic rings. The number of rotatable bonds is 3. The fourth-order valence-corrected chi connectivity index (χ4v) is 1.59. The maximum atomic E-state index is 10.1. The summed E-state index contributed by atoms with van der Waals surface area (Å²) in [6.07, 6.45) is 0. The molecule has 0 heterocycles. The molecule has 0 aromatic carbocycles. The Kier molecular flexibility index (Phi) is 3.68. The Morgan fingerprint density at radius 1 is 1.67 bits per heavy atom. The van der Waals surface area contributed by atoms with Crippen LogP contribution in [-0.2, 0) is 10.1 Å². The van der Waals surface area contributed by atoms with Crippen LogP contribution in [0.2, 0.25) is 0 Å². The fourth-order valence-electron chi connectivity index (χ4n) is 0.342. The molecule has 0 aliphatic rings. The van der Waals surface area contributed by atoms with Crippen molar-refractivity contribution in [2.24, 2.45) is 5.92 Å². The van der Waals surface area contributed by atoms with Gasteiger partial charge < -0.3 is 0 Å². The molecule has 0 amide bonds. The summed E-state index contributed by atoms with van der Waals surface area (Å²) in [5.41, 5.74) is 0. The molecule has 0 aliphatic carbocycles. The van der Waals surface area contributed by atoms with Crippen LogP contribution < -0.4 is 0 Å². The van der Waals surface area contributed by atoms with E-state index in [2.05, 4.69) is 22.9 Å². The van der Waals surface area contributed by atoms with Gasteiger partial charge in [0.1, 0.15) is 0 Å². The smallest absolute Gasteiger partial charge is 0.265 e. The van der Waals surface area contributed by atoms with Crippen LogP contribution >= 0.6 is 15.9 Å². The van der Waals surface area contributed by atoms with Gasteiger partial charge in [-0.15, -0.1) is 0 Å². The highest BCUT2D eigenvalue weighted by Crippen LogP contribution is 2.01. The van der Waals surface area contributed by atoms with Crippen LogP contribution in [0.1, 0.15) is 0 Å². The third-order valence-corrected chi connectivity index (χ3v) is 2.47. The monoisotopic (exact) mass is 215 g/mol. The van der Waals surface area contributed by atoms with E-state index in [4.69, 9.17) is 4.55 Å². The molecular formula is C4H8BrO3S. The molecular weight excluding hydrogens is 208 g/mol. The molecule has 0 bridgehead atoms. The summed E-state index contributed by atoms with van der Waals surface area (Å²) in [6, 6.07) is 0. The average molecular weight is 216 g/mol. The summed E-state index contributed by atoms with van der Waals surface area (Å²) in [5.74, 6) is -0.557. The first-order chi connectivity index (χ1) is 3.95. The number of alkyl halides is 1. The summed E-state index contributed by atoms with van der Waals surface area (Å²) >= 11 is 3.03. The van der Waals surface area contributed by atoms with E-state index in [1.807, 2.05) is 0 Å². The number of hydrogen-bond acceptors (Lipinski definition) is 2. The first-order valence-electron chi connectivity index (χ1n) is 2.30. The molecule has 1 atom stereocenters. The normalized spacial score (nSPS) is 15.4. The number of halogens is 1. The topological polar surface area (TPSA) is 54.4 Å². The van der Waals surface area contributed by atoms with E-state index >= 15 is 0 Å². The summed E-state index contributed by atoms with van der Waals surface area (Å²) < 4.78 is 28.4. The Morgan fingerprint density at radius 2 is 2.11 bits per heavy atom. The van der Waals surface area contributed by atoms with Crippen molar-refractivity contribution in [2.75, 3.05) is 11.1 Å². The van der Waals surface area contributed by atoms with Crippen LogP contribution in [0.4, 0.5) is 0 Å². The van der Waals surface area contributed by atoms with E-state index < -0.39 is 10.1 Å². The molecule has 3 nitrogen and oxygen atoms in total. The van der Waals surface area contributed by atoms with Crippen molar-refractivity contribution in [3.8, 4) is 0 Å². The van der Waals surface area contributed by atoms with Crippen LogP contribution in [0, 0.1) is 12.8 Å². The molecule has 5 heteroatoms. The third kappa shape index (κ3) is 6.27. The van der Waals surface area contributed by atoms with Gasteiger partial charge >= 0.3 is 0 Å². The molecule has 0 aromatic heterocycles. The van der Waals surface area contributed by atoms with E-state index in [1.165, 1.54) is 0 Å². The molecule has 0 aliphatic heterocycles. The Labute approximate surface area is 63.3 Å². The van der Waals surface area contributed by atoms with Crippen molar-refractivity contribution in [3.63, 3.8) is 0 Å². The second-order valence-electron chi connectivity index (χ2n) is 1.77. The molecule has 0 saturated carbocycles. The Bertz CT molecular complexity index is 163. The maximum absolute atomic E-state index is 10.1. The summed E-state index contributed by atoms with van der Waals surface area (Å²) in [6.45, 7) is 3.46. The summed E-state index contributed by atoms with van der Waals surface area (Å²) in [7, 11) is -3.83. The van der Waals surface area contributed by atoms with E-state index in [-0.39, 0.29) is 11.7 Å². The van der Waals surface area contributed by atoms with Crippen LogP contribution in [0.5, 0.6) is 0 Å². The molecule has 55 valence electrons. The molecule has 1 unspecified atom stereocenters. The van der Waals surface area contributed by atoms with E-state index in [0.717, 1.165) is 0 Å². The predicted octanol–water partition coefficient (Wildman–Crippen LogP) is 0.719. The first kappa shape index (κ1) is 9.39. The molecule has 0 spiro atoms. The standard InChI is InChI=1S/C4H8BrO3S/c1-4(2-5)3-9(6,7)8/h4H,1-3H2,(H,6,7,8). The largest absolute Gasteiger partial charge is 0.286 e. The Morgan fingerprint density at radius 3 is 2.22 bits per heavy atom. The lowest BCUT2D eigenvalue weighted by atomic mass is 10.3. The molecule has 0 rings (SSSR count). The summed E-state index contributed by atoms with van der Waals surface area (Å²) in [4.78, 5) is 0. The second kappa shape index (κ2) is 3.53. The van der Waals surface area contributed by atoms with Gasteiger partial charge in [0.05, 0.1) is 5.75 Å². The van der Waals surface area contributed by atoms with E-state index in [0.29, 0.717) is 5.33 Å². The van der Waals surface area contributed by atoms with Gasteiger partial charge in [-0.1, -0.05) is 15.9 Å². The Balaban J connectivity index is 3.75. The first-order valence-corrected chi connectivity index (χ1v) is 5.03. The van der Waals surface area contributed by atoms with Crippen molar-refractivity contribution in [2.45, 2.75) is 0 Å². The molecule has 0 saturated heterocycles. The molecule has 1 radical (unpaired) electrons. The minimum atomic E-state index is -3.83. The highest BCUT2D eigenvalue weighted by Gasteiger charge is 2.09. The zero-order chi connectivity index (χ0) is 7.49. The van der Waals surface area contributed by atoms with Gasteiger partial charge in [-0.2, -0.15) is 8.42 Å². The molecule has 9 heavy (non-hydrogen) atoms. The van der Waals surface area contributed by atoms with Gasteiger partial charge in [-0.25, -0.2) is 0 Å². The van der Waals surface area contributed by atoms with Crippen LogP contribution in [-0.4, -0.2) is 24.1 Å². The highest BCUT2D eigenvalue weighted by atomic mass is 79.9. The molecule has 1 N–H and O–H groups in total. The fraction of sp³-hybridized carbons (Fsp3) is 0.750. The van der Waals surface area contributed by atoms with E-state index in [9.17, 15) is 8.42 Å². The van der Waals surface area contributed by atoms with Crippen LogP contribution in [0.25, 0.3) is 0 Å².